The number of benzene rings is 1. The summed E-state index contributed by atoms with van der Waals surface area (Å²) < 4.78 is 36.0. The maximum atomic E-state index is 13.2. The lowest BCUT2D eigenvalue weighted by atomic mass is 9.99. The number of nitrogens with zero attached hydrogens (tertiary/aromatic N) is 4. The maximum absolute atomic E-state index is 13.2. The number of hydrogen-bond donors (Lipinski definition) is 1. The van der Waals surface area contributed by atoms with Crippen molar-refractivity contribution in [2.75, 3.05) is 18.4 Å². The van der Waals surface area contributed by atoms with Gasteiger partial charge in [0.05, 0.1) is 17.6 Å². The van der Waals surface area contributed by atoms with E-state index in [1.807, 2.05) is 19.1 Å². The van der Waals surface area contributed by atoms with E-state index in [2.05, 4.69) is 19.0 Å². The van der Waals surface area contributed by atoms with Gasteiger partial charge in [0, 0.05) is 18.8 Å². The monoisotopic (exact) mass is 417 g/mol. The van der Waals surface area contributed by atoms with Gasteiger partial charge in [0.15, 0.2) is 0 Å². The van der Waals surface area contributed by atoms with Gasteiger partial charge in [0.2, 0.25) is 15.9 Å². The molecule has 2 aromatic heterocycles. The number of pyridine rings is 1. The second-order valence-electron chi connectivity index (χ2n) is 6.74. The van der Waals surface area contributed by atoms with Crippen LogP contribution in [-0.4, -0.2) is 45.5 Å². The molecule has 1 amide bonds. The summed E-state index contributed by atoms with van der Waals surface area (Å²) in [6.07, 6.45) is 1.25. The van der Waals surface area contributed by atoms with Crippen LogP contribution in [0.15, 0.2) is 41.3 Å². The van der Waals surface area contributed by atoms with Gasteiger partial charge in [-0.05, 0) is 44.0 Å². The third-order valence-electron chi connectivity index (χ3n) is 4.76. The Labute approximate surface area is 167 Å². The molecule has 0 spiro atoms. The Balaban J connectivity index is 1.54. The van der Waals surface area contributed by atoms with Crippen molar-refractivity contribution in [2.24, 2.45) is 5.92 Å². The molecule has 1 atom stereocenters. The van der Waals surface area contributed by atoms with Gasteiger partial charge in [0.1, 0.15) is 21.7 Å². The zero-order chi connectivity index (χ0) is 19.7. The quantitative estimate of drug-likeness (QED) is 0.699. The van der Waals surface area contributed by atoms with E-state index >= 15 is 0 Å². The van der Waals surface area contributed by atoms with Crippen LogP contribution in [0.2, 0.25) is 0 Å². The third-order valence-corrected chi connectivity index (χ3v) is 7.20. The fourth-order valence-electron chi connectivity index (χ4n) is 3.34. The number of aryl methyl sites for hydroxylation is 1. The van der Waals surface area contributed by atoms with E-state index in [9.17, 15) is 13.2 Å². The Morgan fingerprint density at radius 3 is 2.86 bits per heavy atom. The number of sulfonamides is 1. The van der Waals surface area contributed by atoms with Crippen molar-refractivity contribution in [1.82, 2.24) is 18.0 Å². The van der Waals surface area contributed by atoms with Crippen molar-refractivity contribution < 1.29 is 13.2 Å². The molecule has 1 N–H and O–H groups in total. The Hall–Kier alpha value is -2.43. The van der Waals surface area contributed by atoms with E-state index in [1.54, 1.807) is 24.3 Å². The van der Waals surface area contributed by atoms with Gasteiger partial charge in [-0.1, -0.05) is 12.1 Å². The number of amides is 1. The smallest absolute Gasteiger partial charge is 0.245 e. The Morgan fingerprint density at radius 2 is 2.04 bits per heavy atom. The predicted molar refractivity (Wildman–Crippen MR) is 107 cm³/mol. The summed E-state index contributed by atoms with van der Waals surface area (Å²) in [5.41, 5.74) is 1.74. The molecular formula is C18H19N5O3S2. The largest absolute Gasteiger partial charge is 0.310 e. The molecule has 0 bridgehead atoms. The standard InChI is InChI=1S/C18H19N5O3S2/c1-12-5-2-9-16(19-12)20-18(24)13-6-4-10-23(11-13)28(25,26)15-8-3-7-14-17(15)22-27-21-14/h2-3,5,7-9,13H,4,6,10-11H2,1H3,(H,19,20,24)/t13-/m0/s1. The number of rotatable bonds is 4. The summed E-state index contributed by atoms with van der Waals surface area (Å²) >= 11 is 0.984. The van der Waals surface area contributed by atoms with Crippen molar-refractivity contribution in [3.63, 3.8) is 0 Å². The molecule has 0 aliphatic carbocycles. The van der Waals surface area contributed by atoms with E-state index in [0.717, 1.165) is 17.4 Å². The van der Waals surface area contributed by atoms with Crippen LogP contribution in [0.4, 0.5) is 5.82 Å². The van der Waals surface area contributed by atoms with Crippen LogP contribution < -0.4 is 5.32 Å². The van der Waals surface area contributed by atoms with Gasteiger partial charge >= 0.3 is 0 Å². The summed E-state index contributed by atoms with van der Waals surface area (Å²) in [7, 11) is -3.76. The lowest BCUT2D eigenvalue weighted by molar-refractivity contribution is -0.120. The molecule has 1 aliphatic heterocycles. The zero-order valence-electron chi connectivity index (χ0n) is 15.2. The third kappa shape index (κ3) is 3.62. The predicted octanol–water partition coefficient (Wildman–Crippen LogP) is 2.43. The Bertz CT molecular complexity index is 1130. The highest BCUT2D eigenvalue weighted by molar-refractivity contribution is 7.89. The van der Waals surface area contributed by atoms with Gasteiger partial charge in [-0.2, -0.15) is 13.1 Å². The minimum Gasteiger partial charge on any atom is -0.310 e. The van der Waals surface area contributed by atoms with Crippen LogP contribution in [0.5, 0.6) is 0 Å². The summed E-state index contributed by atoms with van der Waals surface area (Å²) in [4.78, 5) is 17.1. The number of carbonyl (C=O) groups excluding carboxylic acids is 1. The SMILES string of the molecule is Cc1cccc(NC(=O)[C@H]2CCCN(S(=O)(=O)c3cccc4nsnc34)C2)n1. The number of carbonyl (C=O) groups is 1. The lowest BCUT2D eigenvalue weighted by Crippen LogP contribution is -2.43. The minimum atomic E-state index is -3.76. The number of aromatic nitrogens is 3. The van der Waals surface area contributed by atoms with Gasteiger partial charge in [0.25, 0.3) is 0 Å². The number of fused-ring (bicyclic) bond motifs is 1. The van der Waals surface area contributed by atoms with E-state index in [4.69, 9.17) is 0 Å². The highest BCUT2D eigenvalue weighted by atomic mass is 32.2. The van der Waals surface area contributed by atoms with Gasteiger partial charge < -0.3 is 5.32 Å². The fraction of sp³-hybridized carbons (Fsp3) is 0.333. The van der Waals surface area contributed by atoms with Crippen molar-refractivity contribution >= 4 is 44.5 Å². The molecule has 8 nitrogen and oxygen atoms in total. The van der Waals surface area contributed by atoms with E-state index in [1.165, 1.54) is 4.31 Å². The second kappa shape index (κ2) is 7.53. The van der Waals surface area contributed by atoms with Crippen molar-refractivity contribution in [3.05, 3.63) is 42.1 Å². The molecule has 0 saturated carbocycles. The molecule has 146 valence electrons. The Kier molecular flexibility index (Phi) is 5.09. The summed E-state index contributed by atoms with van der Waals surface area (Å²) in [6.45, 7) is 2.36. The number of piperidine rings is 1. The highest BCUT2D eigenvalue weighted by Crippen LogP contribution is 2.28. The Morgan fingerprint density at radius 1 is 1.21 bits per heavy atom. The van der Waals surface area contributed by atoms with Crippen LogP contribution in [0.25, 0.3) is 11.0 Å². The van der Waals surface area contributed by atoms with Crippen LogP contribution in [0.3, 0.4) is 0 Å². The van der Waals surface area contributed by atoms with Crippen LogP contribution in [0, 0.1) is 12.8 Å². The topological polar surface area (TPSA) is 105 Å². The first-order valence-electron chi connectivity index (χ1n) is 8.91. The van der Waals surface area contributed by atoms with E-state index in [-0.39, 0.29) is 17.3 Å². The van der Waals surface area contributed by atoms with Crippen molar-refractivity contribution in [1.29, 1.82) is 0 Å². The second-order valence-corrected chi connectivity index (χ2v) is 9.18. The zero-order valence-corrected chi connectivity index (χ0v) is 16.8. The van der Waals surface area contributed by atoms with Crippen molar-refractivity contribution in [3.8, 4) is 0 Å². The first kappa shape index (κ1) is 18.9. The molecule has 28 heavy (non-hydrogen) atoms. The molecule has 1 aromatic carbocycles. The summed E-state index contributed by atoms with van der Waals surface area (Å²) in [5, 5.41) is 2.80. The maximum Gasteiger partial charge on any atom is 0.245 e. The first-order chi connectivity index (χ1) is 13.4. The first-order valence-corrected chi connectivity index (χ1v) is 11.1. The van der Waals surface area contributed by atoms with Crippen molar-refractivity contribution in [2.45, 2.75) is 24.7 Å². The van der Waals surface area contributed by atoms with Gasteiger partial charge in [-0.15, -0.1) is 0 Å². The molecule has 3 aromatic rings. The molecule has 3 heterocycles. The van der Waals surface area contributed by atoms with Crippen LogP contribution in [-0.2, 0) is 14.8 Å². The molecule has 0 radical (unpaired) electrons. The molecule has 10 heteroatoms. The molecular weight excluding hydrogens is 398 g/mol. The number of hydrogen-bond acceptors (Lipinski definition) is 7. The lowest BCUT2D eigenvalue weighted by Gasteiger charge is -2.31. The number of nitrogens with one attached hydrogen (secondary N) is 1. The normalized spacial score (nSPS) is 18.2. The van der Waals surface area contributed by atoms with E-state index in [0.29, 0.717) is 36.2 Å². The van der Waals surface area contributed by atoms with Gasteiger partial charge in [-0.3, -0.25) is 4.79 Å². The summed E-state index contributed by atoms with van der Waals surface area (Å²) in [5.74, 6) is -0.173. The molecule has 1 fully saturated rings. The fourth-order valence-corrected chi connectivity index (χ4v) is 5.62. The van der Waals surface area contributed by atoms with Crippen LogP contribution >= 0.6 is 11.7 Å². The van der Waals surface area contributed by atoms with Crippen LogP contribution in [0.1, 0.15) is 18.5 Å². The summed E-state index contributed by atoms with van der Waals surface area (Å²) in [6, 6.07) is 10.3. The molecule has 1 saturated heterocycles. The number of anilines is 1. The molecule has 0 unspecified atom stereocenters. The van der Waals surface area contributed by atoms with E-state index < -0.39 is 15.9 Å². The van der Waals surface area contributed by atoms with Gasteiger partial charge in [-0.25, -0.2) is 13.4 Å². The highest BCUT2D eigenvalue weighted by Gasteiger charge is 2.34. The molecule has 1 aliphatic rings. The minimum absolute atomic E-state index is 0.133. The molecule has 4 rings (SSSR count). The average molecular weight is 418 g/mol. The average Bonchev–Trinajstić information content (AvgIpc) is 3.17.